The van der Waals surface area contributed by atoms with Gasteiger partial charge in [0.15, 0.2) is 5.96 Å². The molecule has 1 fully saturated rings. The van der Waals surface area contributed by atoms with Gasteiger partial charge in [0.2, 0.25) is 0 Å². The van der Waals surface area contributed by atoms with E-state index in [4.69, 9.17) is 4.74 Å². The van der Waals surface area contributed by atoms with Gasteiger partial charge in [-0.2, -0.15) is 0 Å². The second kappa shape index (κ2) is 12.4. The predicted octanol–water partition coefficient (Wildman–Crippen LogP) is 3.71. The molecule has 1 aromatic heterocycles. The summed E-state index contributed by atoms with van der Waals surface area (Å²) in [6.07, 6.45) is 0. The molecule has 1 aromatic carbocycles. The highest BCUT2D eigenvalue weighted by Gasteiger charge is 2.22. The van der Waals surface area contributed by atoms with Gasteiger partial charge >= 0.3 is 0 Å². The molecule has 28 heavy (non-hydrogen) atoms. The molecule has 2 unspecified atom stereocenters. The number of hydrogen-bond donors (Lipinski definition) is 2. The molecule has 0 amide bonds. The number of nitrogens with zero attached hydrogens (tertiary/aromatic N) is 2. The van der Waals surface area contributed by atoms with E-state index in [1.54, 1.807) is 11.3 Å². The third-order valence-corrected chi connectivity index (χ3v) is 6.07. The Kier molecular flexibility index (Phi) is 10.3. The van der Waals surface area contributed by atoms with Crippen molar-refractivity contribution in [2.24, 2.45) is 4.99 Å². The standard InChI is InChI=1S/C21H30N4OS.HI/c1-17(20-9-6-14-27-20)15-23-21(22-2)24-16-19(18-7-4-3-5-8-18)25-10-12-26-13-11-25;/h3-9,14,17,19H,10-13,15-16H2,1-2H3,(H2,22,23,24);1H. The molecule has 154 valence electrons. The second-order valence-corrected chi connectivity index (χ2v) is 7.80. The summed E-state index contributed by atoms with van der Waals surface area (Å²) in [5.41, 5.74) is 1.33. The van der Waals surface area contributed by atoms with Gasteiger partial charge in [-0.15, -0.1) is 35.3 Å². The Balaban J connectivity index is 0.00000280. The summed E-state index contributed by atoms with van der Waals surface area (Å²) >= 11 is 1.81. The second-order valence-electron chi connectivity index (χ2n) is 6.83. The Morgan fingerprint density at radius 1 is 1.11 bits per heavy atom. The molecule has 7 heteroatoms. The van der Waals surface area contributed by atoms with E-state index >= 15 is 0 Å². The van der Waals surface area contributed by atoms with Gasteiger partial charge in [-0.1, -0.05) is 43.3 Å². The maximum atomic E-state index is 5.54. The highest BCUT2D eigenvalue weighted by Crippen LogP contribution is 2.21. The van der Waals surface area contributed by atoms with E-state index in [0.29, 0.717) is 12.0 Å². The van der Waals surface area contributed by atoms with Crippen LogP contribution in [-0.2, 0) is 4.74 Å². The quantitative estimate of drug-likeness (QED) is 0.336. The van der Waals surface area contributed by atoms with E-state index in [1.807, 2.05) is 7.05 Å². The van der Waals surface area contributed by atoms with E-state index in [9.17, 15) is 0 Å². The van der Waals surface area contributed by atoms with Crippen LogP contribution in [0.2, 0.25) is 0 Å². The van der Waals surface area contributed by atoms with Gasteiger partial charge in [-0.25, -0.2) is 0 Å². The Bertz CT molecular complexity index is 690. The lowest BCUT2D eigenvalue weighted by molar-refractivity contribution is 0.0170. The SMILES string of the molecule is CN=C(NCC(C)c1cccs1)NCC(c1ccccc1)N1CCOCC1.I. The lowest BCUT2D eigenvalue weighted by Gasteiger charge is -2.35. The molecule has 1 aliphatic heterocycles. The normalized spacial score (nSPS) is 17.4. The molecule has 0 radical (unpaired) electrons. The Morgan fingerprint density at radius 3 is 2.46 bits per heavy atom. The average Bonchev–Trinajstić information content (AvgIpc) is 3.27. The molecule has 0 spiro atoms. The molecule has 2 heterocycles. The van der Waals surface area contributed by atoms with Crippen LogP contribution in [0.5, 0.6) is 0 Å². The molecule has 0 bridgehead atoms. The van der Waals surface area contributed by atoms with Crippen molar-refractivity contribution >= 4 is 41.3 Å². The Morgan fingerprint density at radius 2 is 1.82 bits per heavy atom. The third-order valence-electron chi connectivity index (χ3n) is 4.96. The highest BCUT2D eigenvalue weighted by atomic mass is 127. The number of rotatable bonds is 7. The van der Waals surface area contributed by atoms with Crippen molar-refractivity contribution in [3.8, 4) is 0 Å². The van der Waals surface area contributed by atoms with Gasteiger partial charge in [0, 0.05) is 44.0 Å². The molecule has 2 N–H and O–H groups in total. The number of ether oxygens (including phenoxy) is 1. The van der Waals surface area contributed by atoms with E-state index in [1.165, 1.54) is 10.4 Å². The lowest BCUT2D eigenvalue weighted by Crippen LogP contribution is -2.46. The maximum Gasteiger partial charge on any atom is 0.191 e. The maximum absolute atomic E-state index is 5.54. The molecule has 3 rings (SSSR count). The largest absolute Gasteiger partial charge is 0.379 e. The zero-order valence-corrected chi connectivity index (χ0v) is 19.8. The van der Waals surface area contributed by atoms with Crippen LogP contribution in [0.15, 0.2) is 52.8 Å². The van der Waals surface area contributed by atoms with Crippen molar-refractivity contribution in [1.29, 1.82) is 0 Å². The first-order valence-corrected chi connectivity index (χ1v) is 10.5. The van der Waals surface area contributed by atoms with Crippen molar-refractivity contribution in [2.75, 3.05) is 46.4 Å². The molecule has 0 saturated carbocycles. The van der Waals surface area contributed by atoms with Crippen molar-refractivity contribution < 1.29 is 4.74 Å². The average molecular weight is 514 g/mol. The molecule has 1 saturated heterocycles. The van der Waals surface area contributed by atoms with Crippen LogP contribution in [0.4, 0.5) is 0 Å². The summed E-state index contributed by atoms with van der Waals surface area (Å²) in [5.74, 6) is 1.32. The van der Waals surface area contributed by atoms with Crippen molar-refractivity contribution in [3.63, 3.8) is 0 Å². The van der Waals surface area contributed by atoms with Crippen molar-refractivity contribution in [3.05, 3.63) is 58.3 Å². The number of aliphatic imine (C=N–C) groups is 1. The Hall–Kier alpha value is -1.16. The first-order valence-electron chi connectivity index (χ1n) is 9.62. The minimum absolute atomic E-state index is 0. The summed E-state index contributed by atoms with van der Waals surface area (Å²) in [7, 11) is 1.83. The predicted molar refractivity (Wildman–Crippen MR) is 129 cm³/mol. The van der Waals surface area contributed by atoms with Crippen molar-refractivity contribution in [1.82, 2.24) is 15.5 Å². The molecule has 5 nitrogen and oxygen atoms in total. The zero-order chi connectivity index (χ0) is 18.9. The van der Waals surface area contributed by atoms with Gasteiger partial charge < -0.3 is 15.4 Å². The monoisotopic (exact) mass is 514 g/mol. The van der Waals surface area contributed by atoms with Gasteiger partial charge in [0.25, 0.3) is 0 Å². The number of guanidine groups is 1. The summed E-state index contributed by atoms with van der Waals surface area (Å²) in [5, 5.41) is 9.13. The number of thiophene rings is 1. The van der Waals surface area contributed by atoms with E-state index < -0.39 is 0 Å². The fraction of sp³-hybridized carbons (Fsp3) is 0.476. The molecule has 2 aromatic rings. The number of hydrogen-bond acceptors (Lipinski definition) is 4. The number of benzene rings is 1. The molecular weight excluding hydrogens is 483 g/mol. The lowest BCUT2D eigenvalue weighted by atomic mass is 10.0. The number of morpholine rings is 1. The van der Waals surface area contributed by atoms with E-state index in [-0.39, 0.29) is 24.0 Å². The Labute approximate surface area is 189 Å². The minimum Gasteiger partial charge on any atom is -0.379 e. The van der Waals surface area contributed by atoms with Gasteiger partial charge in [0.1, 0.15) is 0 Å². The van der Waals surface area contributed by atoms with E-state index in [0.717, 1.165) is 45.4 Å². The summed E-state index contributed by atoms with van der Waals surface area (Å²) in [6, 6.07) is 15.3. The number of nitrogens with one attached hydrogen (secondary N) is 2. The van der Waals surface area contributed by atoms with E-state index in [2.05, 4.69) is 75.3 Å². The fourth-order valence-electron chi connectivity index (χ4n) is 3.36. The van der Waals surface area contributed by atoms with Gasteiger partial charge in [0.05, 0.1) is 19.3 Å². The molecule has 0 aliphatic carbocycles. The van der Waals surface area contributed by atoms with Crippen LogP contribution < -0.4 is 10.6 Å². The molecule has 1 aliphatic rings. The van der Waals surface area contributed by atoms with Crippen LogP contribution in [0, 0.1) is 0 Å². The first kappa shape index (κ1) is 23.1. The van der Waals surface area contributed by atoms with Gasteiger partial charge in [-0.3, -0.25) is 9.89 Å². The van der Waals surface area contributed by atoms with Crippen LogP contribution >= 0.6 is 35.3 Å². The molecule has 2 atom stereocenters. The molecular formula is C21H31IN4OS. The summed E-state index contributed by atoms with van der Waals surface area (Å²) < 4.78 is 5.54. The first-order chi connectivity index (χ1) is 13.3. The number of halogens is 1. The topological polar surface area (TPSA) is 48.9 Å². The summed E-state index contributed by atoms with van der Waals surface area (Å²) in [4.78, 5) is 8.30. The van der Waals surface area contributed by atoms with Crippen LogP contribution in [-0.4, -0.2) is 57.3 Å². The smallest absolute Gasteiger partial charge is 0.191 e. The van der Waals surface area contributed by atoms with Crippen molar-refractivity contribution in [2.45, 2.75) is 18.9 Å². The van der Waals surface area contributed by atoms with Gasteiger partial charge in [-0.05, 0) is 17.0 Å². The van der Waals surface area contributed by atoms with Crippen LogP contribution in [0.1, 0.15) is 29.3 Å². The van der Waals surface area contributed by atoms with Crippen LogP contribution in [0.3, 0.4) is 0 Å². The minimum atomic E-state index is 0. The fourth-order valence-corrected chi connectivity index (χ4v) is 4.15. The van der Waals surface area contributed by atoms with Crippen LogP contribution in [0.25, 0.3) is 0 Å². The third kappa shape index (κ3) is 6.72. The summed E-state index contributed by atoms with van der Waals surface area (Å²) in [6.45, 7) is 7.45. The highest BCUT2D eigenvalue weighted by molar-refractivity contribution is 14.0. The zero-order valence-electron chi connectivity index (χ0n) is 16.6.